The first-order chi connectivity index (χ1) is 10.6. The van der Waals surface area contributed by atoms with Crippen LogP contribution in [0.2, 0.25) is 0 Å². The Morgan fingerprint density at radius 2 is 1.64 bits per heavy atom. The normalized spacial score (nSPS) is 12.1. The van der Waals surface area contributed by atoms with Crippen LogP contribution in [0.15, 0.2) is 66.7 Å². The smallest absolute Gasteiger partial charge is 0.202 e. The molecule has 0 amide bonds. The fraction of sp³-hybridized carbons (Fsp3) is 0.105. The van der Waals surface area contributed by atoms with Crippen molar-refractivity contribution in [2.75, 3.05) is 0 Å². The van der Waals surface area contributed by atoms with Crippen molar-refractivity contribution in [2.45, 2.75) is 13.0 Å². The third-order valence-electron chi connectivity index (χ3n) is 3.55. The highest BCUT2D eigenvalue weighted by atomic mass is 19.1. The maximum absolute atomic E-state index is 12.9. The molecule has 0 aliphatic rings. The van der Waals surface area contributed by atoms with Crippen LogP contribution < -0.4 is 4.74 Å². The number of hydrogen-bond acceptors (Lipinski definition) is 2. The van der Waals surface area contributed by atoms with Crippen LogP contribution in [-0.4, -0.2) is 11.9 Å². The second-order valence-corrected chi connectivity index (χ2v) is 5.11. The van der Waals surface area contributed by atoms with E-state index < -0.39 is 6.10 Å². The summed E-state index contributed by atoms with van der Waals surface area (Å²) in [6.07, 6.45) is -0.642. The average molecular weight is 294 g/mol. The molecule has 110 valence electrons. The largest absolute Gasteiger partial charge is 0.482 e. The molecule has 3 rings (SSSR count). The molecule has 0 radical (unpaired) electrons. The van der Waals surface area contributed by atoms with Crippen molar-refractivity contribution in [1.82, 2.24) is 0 Å². The van der Waals surface area contributed by atoms with Gasteiger partial charge in [0.05, 0.1) is 0 Å². The lowest BCUT2D eigenvalue weighted by Gasteiger charge is -2.15. The number of benzene rings is 3. The minimum Gasteiger partial charge on any atom is -0.482 e. The minimum atomic E-state index is -0.642. The van der Waals surface area contributed by atoms with Gasteiger partial charge in [0.15, 0.2) is 6.10 Å². The van der Waals surface area contributed by atoms with Gasteiger partial charge in [-0.05, 0) is 42.6 Å². The lowest BCUT2D eigenvalue weighted by molar-refractivity contribution is 0.0820. The average Bonchev–Trinajstić information content (AvgIpc) is 2.55. The molecule has 0 aromatic heterocycles. The van der Waals surface area contributed by atoms with E-state index in [0.717, 1.165) is 10.8 Å². The Labute approximate surface area is 128 Å². The number of fused-ring (bicyclic) bond motifs is 1. The van der Waals surface area contributed by atoms with Crippen molar-refractivity contribution in [3.8, 4) is 5.75 Å². The second kappa shape index (κ2) is 5.98. The van der Waals surface area contributed by atoms with Crippen LogP contribution in [0.5, 0.6) is 5.75 Å². The van der Waals surface area contributed by atoms with Crippen LogP contribution in [-0.2, 0) is 0 Å². The predicted molar refractivity (Wildman–Crippen MR) is 84.8 cm³/mol. The Kier molecular flexibility index (Phi) is 3.88. The summed E-state index contributed by atoms with van der Waals surface area (Å²) >= 11 is 0. The molecular formula is C19H15FO2. The summed E-state index contributed by atoms with van der Waals surface area (Å²) < 4.78 is 18.8. The number of carbonyl (C=O) groups excluding carboxylic acids is 1. The van der Waals surface area contributed by atoms with Gasteiger partial charge < -0.3 is 4.74 Å². The van der Waals surface area contributed by atoms with Gasteiger partial charge in [-0.2, -0.15) is 0 Å². The zero-order valence-electron chi connectivity index (χ0n) is 12.1. The van der Waals surface area contributed by atoms with Crippen LogP contribution in [0.1, 0.15) is 17.3 Å². The third kappa shape index (κ3) is 2.84. The Bertz CT molecular complexity index is 804. The van der Waals surface area contributed by atoms with Gasteiger partial charge >= 0.3 is 0 Å². The summed E-state index contributed by atoms with van der Waals surface area (Å²) in [6.45, 7) is 1.70. The van der Waals surface area contributed by atoms with Gasteiger partial charge in [-0.3, -0.25) is 4.79 Å². The number of ether oxygens (including phenoxy) is 1. The van der Waals surface area contributed by atoms with Crippen LogP contribution >= 0.6 is 0 Å². The summed E-state index contributed by atoms with van der Waals surface area (Å²) in [5.74, 6) is 0.133. The molecule has 3 aromatic carbocycles. The van der Waals surface area contributed by atoms with Crippen molar-refractivity contribution in [3.63, 3.8) is 0 Å². The lowest BCUT2D eigenvalue weighted by Crippen LogP contribution is -2.24. The highest BCUT2D eigenvalue weighted by molar-refractivity contribution is 5.99. The Morgan fingerprint density at radius 3 is 2.41 bits per heavy atom. The first-order valence-electron chi connectivity index (χ1n) is 7.09. The summed E-state index contributed by atoms with van der Waals surface area (Å²) in [5.41, 5.74) is 0.439. The highest BCUT2D eigenvalue weighted by Gasteiger charge is 2.17. The first kappa shape index (κ1) is 14.3. The highest BCUT2D eigenvalue weighted by Crippen LogP contribution is 2.26. The number of carbonyl (C=O) groups is 1. The van der Waals surface area contributed by atoms with Gasteiger partial charge in [-0.1, -0.05) is 36.4 Å². The van der Waals surface area contributed by atoms with Gasteiger partial charge in [0.1, 0.15) is 11.6 Å². The molecule has 0 bridgehead atoms. The molecule has 3 heteroatoms. The van der Waals surface area contributed by atoms with E-state index in [2.05, 4.69) is 0 Å². The maximum atomic E-state index is 12.9. The van der Waals surface area contributed by atoms with Gasteiger partial charge in [-0.25, -0.2) is 4.39 Å². The number of hydrogen-bond donors (Lipinski definition) is 0. The van der Waals surface area contributed by atoms with Crippen LogP contribution in [0.4, 0.5) is 4.39 Å². The van der Waals surface area contributed by atoms with E-state index in [1.807, 2.05) is 42.5 Å². The number of Topliss-reactive ketones (excluding diaryl/α,β-unsaturated/α-hetero) is 1. The lowest BCUT2D eigenvalue weighted by atomic mass is 10.1. The molecule has 22 heavy (non-hydrogen) atoms. The monoisotopic (exact) mass is 294 g/mol. The quantitative estimate of drug-likeness (QED) is 0.656. The summed E-state index contributed by atoms with van der Waals surface area (Å²) in [6, 6.07) is 19.1. The molecular weight excluding hydrogens is 279 g/mol. The van der Waals surface area contributed by atoms with Gasteiger partial charge in [0, 0.05) is 10.9 Å². The molecule has 1 atom stereocenters. The van der Waals surface area contributed by atoms with Gasteiger partial charge in [0.2, 0.25) is 5.78 Å². The van der Waals surface area contributed by atoms with Crippen LogP contribution in [0, 0.1) is 5.82 Å². The van der Waals surface area contributed by atoms with E-state index in [1.165, 1.54) is 24.3 Å². The van der Waals surface area contributed by atoms with Gasteiger partial charge in [0.25, 0.3) is 0 Å². The van der Waals surface area contributed by atoms with E-state index in [9.17, 15) is 9.18 Å². The molecule has 0 fully saturated rings. The fourth-order valence-electron chi connectivity index (χ4n) is 2.39. The van der Waals surface area contributed by atoms with Crippen LogP contribution in [0.25, 0.3) is 10.8 Å². The summed E-state index contributed by atoms with van der Waals surface area (Å²) in [5, 5.41) is 2.02. The summed E-state index contributed by atoms with van der Waals surface area (Å²) in [4.78, 5) is 12.3. The van der Waals surface area contributed by atoms with Crippen LogP contribution in [0.3, 0.4) is 0 Å². The zero-order valence-corrected chi connectivity index (χ0v) is 12.1. The van der Waals surface area contributed by atoms with E-state index in [-0.39, 0.29) is 11.6 Å². The van der Waals surface area contributed by atoms with Crippen molar-refractivity contribution in [3.05, 3.63) is 78.1 Å². The van der Waals surface area contributed by atoms with Crippen molar-refractivity contribution in [2.24, 2.45) is 0 Å². The van der Waals surface area contributed by atoms with E-state index in [4.69, 9.17) is 4.74 Å². The SMILES string of the molecule is C[C@H](Oc1cccc2ccccc12)C(=O)c1ccc(F)cc1. The minimum absolute atomic E-state index is 0.173. The fourth-order valence-corrected chi connectivity index (χ4v) is 2.39. The molecule has 0 unspecified atom stereocenters. The summed E-state index contributed by atoms with van der Waals surface area (Å²) in [7, 11) is 0. The molecule has 0 spiro atoms. The molecule has 0 aliphatic carbocycles. The van der Waals surface area contributed by atoms with Crippen molar-refractivity contribution < 1.29 is 13.9 Å². The molecule has 2 nitrogen and oxygen atoms in total. The molecule has 3 aromatic rings. The standard InChI is InChI=1S/C19H15FO2/c1-13(19(21)15-9-11-16(20)12-10-15)22-18-8-4-6-14-5-2-3-7-17(14)18/h2-13H,1H3/t13-/m0/s1. The Balaban J connectivity index is 1.85. The van der Waals surface area contributed by atoms with E-state index in [1.54, 1.807) is 6.92 Å². The maximum Gasteiger partial charge on any atom is 0.202 e. The topological polar surface area (TPSA) is 26.3 Å². The zero-order chi connectivity index (χ0) is 15.5. The molecule has 0 saturated carbocycles. The first-order valence-corrected chi connectivity index (χ1v) is 7.09. The Hall–Kier alpha value is -2.68. The third-order valence-corrected chi connectivity index (χ3v) is 3.55. The van der Waals surface area contributed by atoms with Crippen molar-refractivity contribution in [1.29, 1.82) is 0 Å². The number of rotatable bonds is 4. The number of halogens is 1. The van der Waals surface area contributed by atoms with Gasteiger partial charge in [-0.15, -0.1) is 0 Å². The number of ketones is 1. The molecule has 0 heterocycles. The predicted octanol–water partition coefficient (Wildman–Crippen LogP) is 4.63. The van der Waals surface area contributed by atoms with E-state index >= 15 is 0 Å². The molecule has 0 saturated heterocycles. The molecule has 0 aliphatic heterocycles. The van der Waals surface area contributed by atoms with E-state index in [0.29, 0.717) is 11.3 Å². The second-order valence-electron chi connectivity index (χ2n) is 5.11. The molecule has 0 N–H and O–H groups in total. The van der Waals surface area contributed by atoms with Crippen molar-refractivity contribution >= 4 is 16.6 Å². The Morgan fingerprint density at radius 1 is 0.955 bits per heavy atom.